The van der Waals surface area contributed by atoms with Gasteiger partial charge in [0.1, 0.15) is 11.6 Å². The third-order valence-corrected chi connectivity index (χ3v) is 6.64. The molecule has 0 saturated carbocycles. The quantitative estimate of drug-likeness (QED) is 0.526. The zero-order valence-electron chi connectivity index (χ0n) is 19.2. The first-order valence-corrected chi connectivity index (χ1v) is 11.8. The fraction of sp³-hybridized carbons (Fsp3) is 0.296. The maximum absolute atomic E-state index is 13.5. The van der Waals surface area contributed by atoms with Gasteiger partial charge in [-0.25, -0.2) is 4.39 Å². The lowest BCUT2D eigenvalue weighted by atomic mass is 9.95. The average molecular weight is 476 g/mol. The summed E-state index contributed by atoms with van der Waals surface area (Å²) >= 11 is 0. The van der Waals surface area contributed by atoms with Crippen molar-refractivity contribution in [2.45, 2.75) is 25.8 Å². The van der Waals surface area contributed by atoms with Crippen LogP contribution in [0.3, 0.4) is 0 Å². The van der Waals surface area contributed by atoms with Crippen LogP contribution in [0.4, 0.5) is 10.1 Å². The largest absolute Gasteiger partial charge is 0.467 e. The van der Waals surface area contributed by atoms with Crippen LogP contribution in [0.2, 0.25) is 0 Å². The van der Waals surface area contributed by atoms with Gasteiger partial charge < -0.3 is 14.6 Å². The standard InChI is InChI=1S/C27H26FN3O4/c28-20-7-1-5-18(15-20)11-13-31-26(33)22-9-2-10-23(24(22)27(31)34)30-12-3-6-19(17-30)25(32)29-16-21-8-4-14-35-21/h1-2,4-5,7-10,14-15,19H,3,6,11-13,16-17H2,(H,29,32). The van der Waals surface area contributed by atoms with E-state index in [4.69, 9.17) is 4.42 Å². The predicted octanol–water partition coefficient (Wildman–Crippen LogP) is 3.79. The molecule has 0 radical (unpaired) electrons. The predicted molar refractivity (Wildman–Crippen MR) is 127 cm³/mol. The van der Waals surface area contributed by atoms with E-state index in [1.165, 1.54) is 17.0 Å². The monoisotopic (exact) mass is 475 g/mol. The summed E-state index contributed by atoms with van der Waals surface area (Å²) in [4.78, 5) is 42.4. The molecule has 7 nitrogen and oxygen atoms in total. The Balaban J connectivity index is 1.29. The van der Waals surface area contributed by atoms with Crippen molar-refractivity contribution >= 4 is 23.4 Å². The first-order chi connectivity index (χ1) is 17.0. The van der Waals surface area contributed by atoms with Gasteiger partial charge >= 0.3 is 0 Å². The molecule has 2 aliphatic rings. The van der Waals surface area contributed by atoms with E-state index in [2.05, 4.69) is 5.32 Å². The Bertz CT molecular complexity index is 1260. The highest BCUT2D eigenvalue weighted by atomic mass is 19.1. The van der Waals surface area contributed by atoms with Crippen LogP contribution < -0.4 is 10.2 Å². The summed E-state index contributed by atoms with van der Waals surface area (Å²) < 4.78 is 18.8. The molecule has 0 spiro atoms. The Kier molecular flexibility index (Phi) is 6.35. The van der Waals surface area contributed by atoms with E-state index in [1.807, 2.05) is 17.0 Å². The molecule has 1 N–H and O–H groups in total. The van der Waals surface area contributed by atoms with Gasteiger partial charge in [0, 0.05) is 19.6 Å². The van der Waals surface area contributed by atoms with Crippen molar-refractivity contribution in [2.24, 2.45) is 5.92 Å². The molecule has 0 aliphatic carbocycles. The first kappa shape index (κ1) is 22.8. The van der Waals surface area contributed by atoms with Crippen LogP contribution in [0.1, 0.15) is 44.9 Å². The molecule has 1 aromatic heterocycles. The number of nitrogens with zero attached hydrogens (tertiary/aromatic N) is 2. The number of rotatable bonds is 7. The van der Waals surface area contributed by atoms with Crippen molar-refractivity contribution in [3.8, 4) is 0 Å². The van der Waals surface area contributed by atoms with Gasteiger partial charge in [0.15, 0.2) is 0 Å². The number of anilines is 1. The molecule has 5 rings (SSSR count). The number of hydrogen-bond acceptors (Lipinski definition) is 5. The van der Waals surface area contributed by atoms with Gasteiger partial charge in [-0.05, 0) is 61.2 Å². The lowest BCUT2D eigenvalue weighted by Gasteiger charge is -2.34. The van der Waals surface area contributed by atoms with Crippen molar-refractivity contribution in [3.63, 3.8) is 0 Å². The molecule has 3 amide bonds. The summed E-state index contributed by atoms with van der Waals surface area (Å²) in [5.74, 6) is -0.632. The van der Waals surface area contributed by atoms with Gasteiger partial charge in [0.05, 0.1) is 35.5 Å². The minimum atomic E-state index is -0.347. The number of halogens is 1. The van der Waals surface area contributed by atoms with Crippen molar-refractivity contribution in [1.29, 1.82) is 0 Å². The van der Waals surface area contributed by atoms with Gasteiger partial charge in [-0.3, -0.25) is 19.3 Å². The third kappa shape index (κ3) is 4.69. The zero-order valence-corrected chi connectivity index (χ0v) is 19.2. The molecule has 1 atom stereocenters. The van der Waals surface area contributed by atoms with Gasteiger partial charge in [0.2, 0.25) is 5.91 Å². The number of hydrogen-bond donors (Lipinski definition) is 1. The van der Waals surface area contributed by atoms with Crippen molar-refractivity contribution < 1.29 is 23.2 Å². The fourth-order valence-electron chi connectivity index (χ4n) is 4.86. The Morgan fingerprint density at radius 2 is 1.94 bits per heavy atom. The van der Waals surface area contributed by atoms with Crippen LogP contribution >= 0.6 is 0 Å². The molecule has 2 aliphatic heterocycles. The number of piperidine rings is 1. The highest BCUT2D eigenvalue weighted by Crippen LogP contribution is 2.34. The van der Waals surface area contributed by atoms with Crippen LogP contribution in [0, 0.1) is 11.7 Å². The number of furan rings is 1. The molecular formula is C27H26FN3O4. The van der Waals surface area contributed by atoms with Crippen LogP contribution in [0.15, 0.2) is 65.3 Å². The van der Waals surface area contributed by atoms with E-state index < -0.39 is 0 Å². The summed E-state index contributed by atoms with van der Waals surface area (Å²) in [6, 6.07) is 15.0. The maximum atomic E-state index is 13.5. The lowest BCUT2D eigenvalue weighted by molar-refractivity contribution is -0.125. The Morgan fingerprint density at radius 3 is 2.74 bits per heavy atom. The smallest absolute Gasteiger partial charge is 0.263 e. The minimum Gasteiger partial charge on any atom is -0.467 e. The van der Waals surface area contributed by atoms with Gasteiger partial charge in [-0.1, -0.05) is 18.2 Å². The molecule has 180 valence electrons. The van der Waals surface area contributed by atoms with Crippen molar-refractivity contribution in [3.05, 3.63) is 89.1 Å². The van der Waals surface area contributed by atoms with Crippen LogP contribution in [0.25, 0.3) is 0 Å². The summed E-state index contributed by atoms with van der Waals surface area (Å²) in [6.45, 7) is 1.66. The summed E-state index contributed by atoms with van der Waals surface area (Å²) in [7, 11) is 0. The highest BCUT2D eigenvalue weighted by molar-refractivity contribution is 6.23. The third-order valence-electron chi connectivity index (χ3n) is 6.64. The van der Waals surface area contributed by atoms with Crippen LogP contribution in [-0.2, 0) is 17.8 Å². The fourth-order valence-corrected chi connectivity index (χ4v) is 4.86. The Labute approximate surface area is 202 Å². The number of nitrogens with one attached hydrogen (secondary N) is 1. The van der Waals surface area contributed by atoms with Crippen LogP contribution in [0.5, 0.6) is 0 Å². The molecular weight excluding hydrogens is 449 g/mol. The summed E-state index contributed by atoms with van der Waals surface area (Å²) in [6.07, 6.45) is 3.50. The molecule has 0 bridgehead atoms. The second-order valence-electron chi connectivity index (χ2n) is 8.92. The van der Waals surface area contributed by atoms with Gasteiger partial charge in [-0.2, -0.15) is 0 Å². The minimum absolute atomic E-state index is 0.0576. The number of amides is 3. The molecule has 2 aromatic carbocycles. The second-order valence-corrected chi connectivity index (χ2v) is 8.92. The van der Waals surface area contributed by atoms with E-state index >= 15 is 0 Å². The van der Waals surface area contributed by atoms with E-state index in [-0.39, 0.29) is 36.0 Å². The number of carbonyl (C=O) groups is 3. The number of carbonyl (C=O) groups excluding carboxylic acids is 3. The van der Waals surface area contributed by atoms with E-state index in [0.717, 1.165) is 18.4 Å². The lowest BCUT2D eigenvalue weighted by Crippen LogP contribution is -2.43. The van der Waals surface area contributed by atoms with E-state index in [0.29, 0.717) is 48.6 Å². The molecule has 8 heteroatoms. The summed E-state index contributed by atoms with van der Waals surface area (Å²) in [5, 5.41) is 2.92. The Morgan fingerprint density at radius 1 is 1.09 bits per heavy atom. The highest BCUT2D eigenvalue weighted by Gasteiger charge is 2.39. The van der Waals surface area contributed by atoms with Gasteiger partial charge in [0.25, 0.3) is 11.8 Å². The van der Waals surface area contributed by atoms with Crippen molar-refractivity contribution in [2.75, 3.05) is 24.5 Å². The SMILES string of the molecule is O=C(NCc1ccco1)C1CCCN(c2cccc3c2C(=O)N(CCc2cccc(F)c2)C3=O)C1. The van der Waals surface area contributed by atoms with Crippen LogP contribution in [-0.4, -0.2) is 42.3 Å². The molecule has 35 heavy (non-hydrogen) atoms. The van der Waals surface area contributed by atoms with Crippen molar-refractivity contribution in [1.82, 2.24) is 10.2 Å². The summed E-state index contributed by atoms with van der Waals surface area (Å²) in [5.41, 5.74) is 2.16. The normalized spacial score (nSPS) is 17.6. The Hall–Kier alpha value is -3.94. The second kappa shape index (κ2) is 9.74. The van der Waals surface area contributed by atoms with Gasteiger partial charge in [-0.15, -0.1) is 0 Å². The zero-order chi connectivity index (χ0) is 24.4. The number of fused-ring (bicyclic) bond motifs is 1. The molecule has 1 saturated heterocycles. The molecule has 1 fully saturated rings. The topological polar surface area (TPSA) is 82.9 Å². The maximum Gasteiger partial charge on any atom is 0.263 e. The number of benzene rings is 2. The molecule has 1 unspecified atom stereocenters. The molecule has 3 aromatic rings. The number of imide groups is 1. The van der Waals surface area contributed by atoms with E-state index in [1.54, 1.807) is 36.6 Å². The average Bonchev–Trinajstić information content (AvgIpc) is 3.48. The first-order valence-electron chi connectivity index (χ1n) is 11.8. The molecule has 3 heterocycles. The van der Waals surface area contributed by atoms with E-state index in [9.17, 15) is 18.8 Å².